The summed E-state index contributed by atoms with van der Waals surface area (Å²) < 4.78 is 38.2. The maximum Gasteiger partial charge on any atom is 0.203 e. The van der Waals surface area contributed by atoms with Crippen LogP contribution in [0.2, 0.25) is 0 Å². The third-order valence-electron chi connectivity index (χ3n) is 6.06. The van der Waals surface area contributed by atoms with Crippen molar-refractivity contribution in [2.24, 2.45) is 7.05 Å². The van der Waals surface area contributed by atoms with Gasteiger partial charge in [-0.05, 0) is 41.5 Å². The smallest absolute Gasteiger partial charge is 0.203 e. The van der Waals surface area contributed by atoms with Crippen LogP contribution in [-0.2, 0) is 7.05 Å². The Labute approximate surface area is 220 Å². The Hall–Kier alpha value is -4.72. The van der Waals surface area contributed by atoms with Crippen LogP contribution in [0.25, 0.3) is 23.1 Å². The highest BCUT2D eigenvalue weighted by molar-refractivity contribution is 6.13. The second-order valence-corrected chi connectivity index (χ2v) is 8.39. The second kappa shape index (κ2) is 11.6. The maximum atomic E-state index is 14.9. The molecule has 4 aromatic rings. The van der Waals surface area contributed by atoms with Crippen LogP contribution < -0.4 is 24.3 Å². The highest BCUT2D eigenvalue weighted by atomic mass is 19.1. The molecule has 0 fully saturated rings. The summed E-state index contributed by atoms with van der Waals surface area (Å²) in [6, 6.07) is 14.4. The quantitative estimate of drug-likeness (QED) is 0.151. The molecule has 0 amide bonds. The van der Waals surface area contributed by atoms with Gasteiger partial charge in [0.25, 0.3) is 0 Å². The third kappa shape index (κ3) is 5.34. The number of anilines is 1. The number of fused-ring (bicyclic) bond motifs is 1. The molecule has 4 rings (SSSR count). The maximum absolute atomic E-state index is 14.9. The van der Waals surface area contributed by atoms with Gasteiger partial charge < -0.3 is 28.8 Å². The number of hydrogen-bond acceptors (Lipinski definition) is 6. The zero-order chi connectivity index (χ0) is 27.2. The zero-order valence-corrected chi connectivity index (χ0v) is 21.9. The number of para-hydroxylation sites is 1. The number of nitrogens with one attached hydrogen (secondary N) is 1. The highest BCUT2D eigenvalue weighted by Crippen LogP contribution is 2.39. The van der Waals surface area contributed by atoms with E-state index in [4.69, 9.17) is 18.9 Å². The first kappa shape index (κ1) is 26.3. The number of aryl methyl sites for hydroxylation is 1. The van der Waals surface area contributed by atoms with E-state index in [1.54, 1.807) is 50.8 Å². The summed E-state index contributed by atoms with van der Waals surface area (Å²) in [5.74, 6) is 0.825. The van der Waals surface area contributed by atoms with Crippen molar-refractivity contribution in [2.75, 3.05) is 33.8 Å². The molecule has 3 aromatic carbocycles. The SMILES string of the molecule is COc1cc(/C=C/c2cc(F)c(OC)c(N/C=C\C(=O)c3cn(C)c4ccccc34)c2)cc(OC)c1OC. The molecule has 0 aliphatic rings. The van der Waals surface area contributed by atoms with E-state index in [1.807, 2.05) is 35.9 Å². The Bertz CT molecular complexity index is 1510. The van der Waals surface area contributed by atoms with Gasteiger partial charge >= 0.3 is 0 Å². The van der Waals surface area contributed by atoms with Crippen LogP contribution >= 0.6 is 0 Å². The van der Waals surface area contributed by atoms with E-state index in [0.29, 0.717) is 34.1 Å². The van der Waals surface area contributed by atoms with Crippen LogP contribution in [0.5, 0.6) is 23.0 Å². The number of rotatable bonds is 10. The van der Waals surface area contributed by atoms with Crippen molar-refractivity contribution >= 4 is 34.5 Å². The van der Waals surface area contributed by atoms with Crippen molar-refractivity contribution in [3.8, 4) is 23.0 Å². The summed E-state index contributed by atoms with van der Waals surface area (Å²) in [7, 11) is 7.90. The van der Waals surface area contributed by atoms with E-state index < -0.39 is 5.82 Å². The molecule has 38 heavy (non-hydrogen) atoms. The summed E-state index contributed by atoms with van der Waals surface area (Å²) in [5, 5.41) is 3.85. The highest BCUT2D eigenvalue weighted by Gasteiger charge is 2.14. The molecular weight excluding hydrogens is 487 g/mol. The van der Waals surface area contributed by atoms with Crippen LogP contribution in [0, 0.1) is 5.82 Å². The van der Waals surface area contributed by atoms with Gasteiger partial charge in [0, 0.05) is 42.0 Å². The van der Waals surface area contributed by atoms with Gasteiger partial charge in [-0.3, -0.25) is 4.79 Å². The fourth-order valence-electron chi connectivity index (χ4n) is 4.25. The number of aromatic nitrogens is 1. The topological polar surface area (TPSA) is 71.0 Å². The molecule has 1 aromatic heterocycles. The Balaban J connectivity index is 1.58. The van der Waals surface area contributed by atoms with Gasteiger partial charge in [-0.1, -0.05) is 30.4 Å². The fourth-order valence-corrected chi connectivity index (χ4v) is 4.25. The van der Waals surface area contributed by atoms with Crippen molar-refractivity contribution in [3.63, 3.8) is 0 Å². The third-order valence-corrected chi connectivity index (χ3v) is 6.06. The molecule has 1 heterocycles. The van der Waals surface area contributed by atoms with Crippen LogP contribution in [0.1, 0.15) is 21.5 Å². The minimum atomic E-state index is -0.546. The Morgan fingerprint density at radius 2 is 1.50 bits per heavy atom. The summed E-state index contributed by atoms with van der Waals surface area (Å²) in [4.78, 5) is 12.9. The molecule has 0 atom stereocenters. The Morgan fingerprint density at radius 3 is 2.13 bits per heavy atom. The van der Waals surface area contributed by atoms with Gasteiger partial charge in [-0.2, -0.15) is 0 Å². The largest absolute Gasteiger partial charge is 0.493 e. The molecule has 0 radical (unpaired) electrons. The number of methoxy groups -OCH3 is 4. The Kier molecular flexibility index (Phi) is 8.01. The molecule has 0 unspecified atom stereocenters. The summed E-state index contributed by atoms with van der Waals surface area (Å²) in [5.41, 5.74) is 3.27. The molecule has 7 nitrogen and oxygen atoms in total. The monoisotopic (exact) mass is 516 g/mol. The molecule has 0 bridgehead atoms. The van der Waals surface area contributed by atoms with Gasteiger partial charge in [-0.25, -0.2) is 4.39 Å². The number of nitrogens with zero attached hydrogens (tertiary/aromatic N) is 1. The molecule has 196 valence electrons. The lowest BCUT2D eigenvalue weighted by Crippen LogP contribution is -1.99. The van der Waals surface area contributed by atoms with E-state index in [2.05, 4.69) is 5.32 Å². The molecule has 0 aliphatic carbocycles. The van der Waals surface area contributed by atoms with Gasteiger partial charge in [0.2, 0.25) is 5.75 Å². The van der Waals surface area contributed by atoms with Crippen LogP contribution in [0.3, 0.4) is 0 Å². The van der Waals surface area contributed by atoms with Crippen molar-refractivity contribution in [1.29, 1.82) is 0 Å². The van der Waals surface area contributed by atoms with Crippen molar-refractivity contribution in [2.45, 2.75) is 0 Å². The number of hydrogen-bond donors (Lipinski definition) is 1. The summed E-state index contributed by atoms with van der Waals surface area (Å²) >= 11 is 0. The standard InChI is InChI=1S/C30H29FN2O5/c1-33-18-22(21-8-6-7-9-25(21)33)26(34)12-13-32-24-15-19(14-23(31)29(24)37-4)10-11-20-16-27(35-2)30(38-5)28(17-20)36-3/h6-18,32H,1-5H3/b11-10+,13-12-. The second-order valence-electron chi connectivity index (χ2n) is 8.39. The summed E-state index contributed by atoms with van der Waals surface area (Å²) in [6.07, 6.45) is 8.24. The predicted octanol–water partition coefficient (Wildman–Crippen LogP) is 6.33. The molecule has 1 N–H and O–H groups in total. The average Bonchev–Trinajstić information content (AvgIpc) is 3.27. The van der Waals surface area contributed by atoms with Crippen molar-refractivity contribution in [3.05, 3.63) is 89.5 Å². The number of carbonyl (C=O) groups is 1. The van der Waals surface area contributed by atoms with E-state index >= 15 is 0 Å². The van der Waals surface area contributed by atoms with Crippen LogP contribution in [0.4, 0.5) is 10.1 Å². The lowest BCUT2D eigenvalue weighted by Gasteiger charge is -2.13. The number of carbonyl (C=O) groups excluding carboxylic acids is 1. The number of ether oxygens (including phenoxy) is 4. The van der Waals surface area contributed by atoms with Gasteiger partial charge in [-0.15, -0.1) is 0 Å². The molecule has 8 heteroatoms. The molecule has 0 aliphatic heterocycles. The first-order valence-corrected chi connectivity index (χ1v) is 11.8. The average molecular weight is 517 g/mol. The van der Waals surface area contributed by atoms with Crippen molar-refractivity contribution < 1.29 is 28.1 Å². The number of allylic oxidation sites excluding steroid dienone is 1. The lowest BCUT2D eigenvalue weighted by molar-refractivity contribution is 0.104. The Morgan fingerprint density at radius 1 is 0.868 bits per heavy atom. The first-order chi connectivity index (χ1) is 18.4. The van der Waals surface area contributed by atoms with Crippen molar-refractivity contribution in [1.82, 2.24) is 4.57 Å². The predicted molar refractivity (Wildman–Crippen MR) is 148 cm³/mol. The normalized spacial score (nSPS) is 11.3. The van der Waals surface area contributed by atoms with Crippen LogP contribution in [-0.4, -0.2) is 38.8 Å². The van der Waals surface area contributed by atoms with E-state index in [0.717, 1.165) is 16.5 Å². The van der Waals surface area contributed by atoms with Gasteiger partial charge in [0.1, 0.15) is 0 Å². The number of halogens is 1. The number of benzene rings is 3. The van der Waals surface area contributed by atoms with Gasteiger partial charge in [0.15, 0.2) is 28.8 Å². The zero-order valence-electron chi connectivity index (χ0n) is 21.9. The van der Waals surface area contributed by atoms with Crippen LogP contribution in [0.15, 0.2) is 67.0 Å². The fraction of sp³-hybridized carbons (Fsp3) is 0.167. The number of ketones is 1. The lowest BCUT2D eigenvalue weighted by atomic mass is 10.1. The van der Waals surface area contributed by atoms with E-state index in [-0.39, 0.29) is 11.5 Å². The van der Waals surface area contributed by atoms with Gasteiger partial charge in [0.05, 0.1) is 34.1 Å². The molecular formula is C30H29FN2O5. The van der Waals surface area contributed by atoms with E-state index in [9.17, 15) is 9.18 Å². The first-order valence-electron chi connectivity index (χ1n) is 11.8. The minimum absolute atomic E-state index is 0.0391. The van der Waals surface area contributed by atoms with E-state index in [1.165, 1.54) is 32.6 Å². The summed E-state index contributed by atoms with van der Waals surface area (Å²) in [6.45, 7) is 0. The molecule has 0 spiro atoms. The molecule has 0 saturated heterocycles. The minimum Gasteiger partial charge on any atom is -0.493 e. The molecule has 0 saturated carbocycles.